The molecule has 2 aliphatic rings. The van der Waals surface area contributed by atoms with E-state index < -0.39 is 0 Å². The molecular weight excluding hydrogens is 162 g/mol. The van der Waals surface area contributed by atoms with Crippen molar-refractivity contribution < 1.29 is 0 Å². The Labute approximate surface area is 79.8 Å². The van der Waals surface area contributed by atoms with Crippen molar-refractivity contribution in [3.8, 4) is 0 Å². The van der Waals surface area contributed by atoms with Crippen LogP contribution < -0.4 is 11.1 Å². The molecule has 3 atom stereocenters. The van der Waals surface area contributed by atoms with E-state index in [0.717, 1.165) is 19.3 Å². The zero-order chi connectivity index (χ0) is 9.42. The molecule has 3 nitrogen and oxygen atoms in total. The topological polar surface area (TPSA) is 50.4 Å². The van der Waals surface area contributed by atoms with Gasteiger partial charge < -0.3 is 11.1 Å². The van der Waals surface area contributed by atoms with Crippen LogP contribution in [-0.2, 0) is 0 Å². The molecule has 13 heavy (non-hydrogen) atoms. The van der Waals surface area contributed by atoms with Gasteiger partial charge in [-0.15, -0.1) is 0 Å². The molecule has 0 aromatic rings. The fraction of sp³-hybridized carbons (Fsp3) is 0.900. The summed E-state index contributed by atoms with van der Waals surface area (Å²) in [6.45, 7) is 4.37. The quantitative estimate of drug-likeness (QED) is 0.631. The Bertz CT molecular complexity index is 222. The van der Waals surface area contributed by atoms with E-state index in [4.69, 9.17) is 10.7 Å². The largest absolute Gasteiger partial charge is 0.369 e. The minimum atomic E-state index is 0.385. The lowest BCUT2D eigenvalue weighted by atomic mass is 9.88. The van der Waals surface area contributed by atoms with Crippen molar-refractivity contribution in [2.45, 2.75) is 51.2 Å². The van der Waals surface area contributed by atoms with E-state index in [2.05, 4.69) is 19.2 Å². The zero-order valence-corrected chi connectivity index (χ0v) is 8.46. The second kappa shape index (κ2) is 3.29. The van der Waals surface area contributed by atoms with E-state index in [9.17, 15) is 0 Å². The normalized spacial score (nSPS) is 38.5. The molecule has 1 aliphatic carbocycles. The van der Waals surface area contributed by atoms with Crippen molar-refractivity contribution in [1.29, 1.82) is 0 Å². The van der Waals surface area contributed by atoms with Crippen LogP contribution in [0.4, 0.5) is 0 Å². The van der Waals surface area contributed by atoms with Gasteiger partial charge >= 0.3 is 0 Å². The fourth-order valence-corrected chi connectivity index (χ4v) is 2.22. The summed E-state index contributed by atoms with van der Waals surface area (Å²) < 4.78 is 0. The molecule has 74 valence electrons. The first-order valence-electron chi connectivity index (χ1n) is 5.26. The van der Waals surface area contributed by atoms with E-state index in [1.54, 1.807) is 0 Å². The van der Waals surface area contributed by atoms with Crippen molar-refractivity contribution in [2.24, 2.45) is 16.6 Å². The van der Waals surface area contributed by atoms with Crippen molar-refractivity contribution in [1.82, 2.24) is 5.32 Å². The predicted molar refractivity (Wildman–Crippen MR) is 54.8 cm³/mol. The third-order valence-corrected chi connectivity index (χ3v) is 3.04. The van der Waals surface area contributed by atoms with Crippen LogP contribution in [0.1, 0.15) is 33.1 Å². The highest BCUT2D eigenvalue weighted by Gasteiger charge is 2.34. The highest BCUT2D eigenvalue weighted by Crippen LogP contribution is 2.25. The Morgan fingerprint density at radius 1 is 1.46 bits per heavy atom. The number of nitrogens with zero attached hydrogens (tertiary/aromatic N) is 1. The lowest BCUT2D eigenvalue weighted by Gasteiger charge is -2.28. The highest BCUT2D eigenvalue weighted by atomic mass is 15.1. The van der Waals surface area contributed by atoms with Gasteiger partial charge in [-0.3, -0.25) is 4.99 Å². The van der Waals surface area contributed by atoms with Crippen LogP contribution in [0.25, 0.3) is 0 Å². The van der Waals surface area contributed by atoms with Crippen molar-refractivity contribution in [3.63, 3.8) is 0 Å². The average Bonchev–Trinajstić information content (AvgIpc) is 2.46. The van der Waals surface area contributed by atoms with Crippen LogP contribution in [0.3, 0.4) is 0 Å². The molecule has 0 aromatic carbocycles. The van der Waals surface area contributed by atoms with Crippen LogP contribution in [-0.4, -0.2) is 24.0 Å². The fourth-order valence-electron chi connectivity index (χ4n) is 2.22. The van der Waals surface area contributed by atoms with Gasteiger partial charge in [0.05, 0.1) is 17.9 Å². The van der Waals surface area contributed by atoms with E-state index in [1.165, 1.54) is 5.84 Å². The Morgan fingerprint density at radius 3 is 2.92 bits per heavy atom. The molecule has 3 unspecified atom stereocenters. The molecular formula is C10H19N3. The Morgan fingerprint density at radius 2 is 2.23 bits per heavy atom. The van der Waals surface area contributed by atoms with Gasteiger partial charge in [0.25, 0.3) is 0 Å². The monoisotopic (exact) mass is 181 g/mol. The smallest absolute Gasteiger partial charge is 0.0996 e. The molecule has 3 N–H and O–H groups in total. The third kappa shape index (κ3) is 1.70. The molecule has 3 heteroatoms. The van der Waals surface area contributed by atoms with Gasteiger partial charge in [-0.05, 0) is 19.3 Å². The molecule has 1 aliphatic heterocycles. The summed E-state index contributed by atoms with van der Waals surface area (Å²) >= 11 is 0. The molecule has 0 saturated heterocycles. The van der Waals surface area contributed by atoms with Gasteiger partial charge in [-0.1, -0.05) is 13.8 Å². The third-order valence-electron chi connectivity index (χ3n) is 3.04. The van der Waals surface area contributed by atoms with Crippen LogP contribution in [0.5, 0.6) is 0 Å². The Kier molecular flexibility index (Phi) is 2.28. The van der Waals surface area contributed by atoms with Gasteiger partial charge in [0.2, 0.25) is 0 Å². The summed E-state index contributed by atoms with van der Waals surface area (Å²) in [5.41, 5.74) is 5.92. The predicted octanol–water partition coefficient (Wildman–Crippen LogP) is 0.893. The van der Waals surface area contributed by atoms with Crippen LogP contribution in [0.15, 0.2) is 4.99 Å². The van der Waals surface area contributed by atoms with Gasteiger partial charge in [0.1, 0.15) is 0 Å². The van der Waals surface area contributed by atoms with Gasteiger partial charge in [-0.25, -0.2) is 0 Å². The maximum atomic E-state index is 5.92. The average molecular weight is 181 g/mol. The minimum Gasteiger partial charge on any atom is -0.369 e. The summed E-state index contributed by atoms with van der Waals surface area (Å²) in [5, 5.41) is 3.49. The second-order valence-electron chi connectivity index (χ2n) is 4.56. The van der Waals surface area contributed by atoms with E-state index in [0.29, 0.717) is 24.0 Å². The molecule has 0 aromatic heterocycles. The second-order valence-corrected chi connectivity index (χ2v) is 4.56. The van der Waals surface area contributed by atoms with Crippen LogP contribution in [0, 0.1) is 5.92 Å². The molecule has 1 fully saturated rings. The van der Waals surface area contributed by atoms with Gasteiger partial charge in [-0.2, -0.15) is 0 Å². The number of nitrogens with one attached hydrogen (secondary N) is 1. The van der Waals surface area contributed by atoms with Crippen molar-refractivity contribution in [3.05, 3.63) is 0 Å². The summed E-state index contributed by atoms with van der Waals surface area (Å²) in [6, 6.07) is 1.42. The molecule has 0 bridgehead atoms. The summed E-state index contributed by atoms with van der Waals surface area (Å²) in [6.07, 6.45) is 3.39. The van der Waals surface area contributed by atoms with Crippen LogP contribution >= 0.6 is 0 Å². The first-order chi connectivity index (χ1) is 6.16. The zero-order valence-electron chi connectivity index (χ0n) is 8.46. The number of hydrogen-bond donors (Lipinski definition) is 2. The summed E-state index contributed by atoms with van der Waals surface area (Å²) in [5.74, 6) is 1.71. The number of rotatable bonds is 1. The first-order valence-corrected chi connectivity index (χ1v) is 5.26. The molecule has 1 heterocycles. The number of hydrogen-bond acceptors (Lipinski definition) is 3. The maximum Gasteiger partial charge on any atom is 0.0996 e. The van der Waals surface area contributed by atoms with E-state index >= 15 is 0 Å². The number of amidine groups is 1. The lowest BCUT2D eigenvalue weighted by molar-refractivity contribution is 0.346. The number of nitrogens with two attached hydrogens (primary N) is 1. The van der Waals surface area contributed by atoms with E-state index in [1.807, 2.05) is 0 Å². The lowest BCUT2D eigenvalue weighted by Crippen LogP contribution is -2.44. The maximum absolute atomic E-state index is 5.92. The minimum absolute atomic E-state index is 0.385. The Balaban J connectivity index is 2.02. The van der Waals surface area contributed by atoms with Gasteiger partial charge in [0.15, 0.2) is 0 Å². The summed E-state index contributed by atoms with van der Waals surface area (Å²) in [7, 11) is 0. The summed E-state index contributed by atoms with van der Waals surface area (Å²) in [4.78, 5) is 4.69. The Hall–Kier alpha value is -0.570. The van der Waals surface area contributed by atoms with Crippen LogP contribution in [0.2, 0.25) is 0 Å². The van der Waals surface area contributed by atoms with Gasteiger partial charge in [0, 0.05) is 12.0 Å². The number of aliphatic imine (C=N–C) groups is 1. The SMILES string of the molecule is CC(C)C1=NC2CCC(N)CC2N1. The number of fused-ring (bicyclic) bond motifs is 1. The first kappa shape index (κ1) is 9.00. The standard InChI is InChI=1S/C10H19N3/c1-6(2)10-12-8-4-3-7(11)5-9(8)13-10/h6-9H,3-5,11H2,1-2H3,(H,12,13). The molecule has 0 amide bonds. The van der Waals surface area contributed by atoms with Crippen molar-refractivity contribution >= 4 is 5.84 Å². The van der Waals surface area contributed by atoms with Crippen molar-refractivity contribution in [2.75, 3.05) is 0 Å². The molecule has 1 saturated carbocycles. The molecule has 2 rings (SSSR count). The highest BCUT2D eigenvalue weighted by molar-refractivity contribution is 5.86. The molecule has 0 radical (unpaired) electrons. The van der Waals surface area contributed by atoms with E-state index in [-0.39, 0.29) is 0 Å². The molecule has 0 spiro atoms.